The van der Waals surface area contributed by atoms with Crippen LogP contribution in [0.3, 0.4) is 0 Å². The van der Waals surface area contributed by atoms with Gasteiger partial charge in [-0.2, -0.15) is 0 Å². The van der Waals surface area contributed by atoms with Gasteiger partial charge >= 0.3 is 0 Å². The number of hydrogen-bond donors (Lipinski definition) is 1. The number of rotatable bonds is 4. The number of oxazole rings is 1. The summed E-state index contributed by atoms with van der Waals surface area (Å²) in [6.07, 6.45) is 8.08. The van der Waals surface area contributed by atoms with E-state index in [1.165, 1.54) is 31.2 Å². The first-order chi connectivity index (χ1) is 12.7. The maximum Gasteiger partial charge on any atom is 0.226 e. The highest BCUT2D eigenvalue weighted by Gasteiger charge is 2.43. The Balaban J connectivity index is 1.29. The highest BCUT2D eigenvalue weighted by Crippen LogP contribution is 2.47. The van der Waals surface area contributed by atoms with E-state index in [1.54, 1.807) is 6.26 Å². The average molecular weight is 352 g/mol. The molecule has 0 atom stereocenters. The first-order valence-electron chi connectivity index (χ1n) is 9.65. The van der Waals surface area contributed by atoms with Crippen molar-refractivity contribution in [1.82, 2.24) is 15.2 Å². The Morgan fingerprint density at radius 2 is 2.08 bits per heavy atom. The van der Waals surface area contributed by atoms with Gasteiger partial charge in [0.1, 0.15) is 6.26 Å². The van der Waals surface area contributed by atoms with Gasteiger partial charge in [-0.1, -0.05) is 24.1 Å². The summed E-state index contributed by atoms with van der Waals surface area (Å²) in [5.41, 5.74) is 3.82. The van der Waals surface area contributed by atoms with Crippen LogP contribution in [-0.2, 0) is 6.42 Å². The van der Waals surface area contributed by atoms with Crippen LogP contribution in [0.25, 0.3) is 11.5 Å². The minimum Gasteiger partial charge on any atom is -0.444 e. The van der Waals surface area contributed by atoms with Crippen LogP contribution in [0.15, 0.2) is 39.9 Å². The van der Waals surface area contributed by atoms with Crippen LogP contribution in [0.1, 0.15) is 36.9 Å². The molecule has 1 saturated carbocycles. The van der Waals surface area contributed by atoms with Crippen molar-refractivity contribution in [3.05, 3.63) is 41.8 Å². The summed E-state index contributed by atoms with van der Waals surface area (Å²) < 4.78 is 5.64. The largest absolute Gasteiger partial charge is 0.444 e. The van der Waals surface area contributed by atoms with E-state index in [4.69, 9.17) is 4.42 Å². The molecule has 1 aliphatic heterocycles. The lowest BCUT2D eigenvalue weighted by molar-refractivity contribution is 0.151. The molecule has 5 nitrogen and oxygen atoms in total. The lowest BCUT2D eigenvalue weighted by Crippen LogP contribution is -2.43. The molecule has 2 aromatic rings. The quantitative estimate of drug-likeness (QED) is 0.674. The van der Waals surface area contributed by atoms with Crippen LogP contribution in [0.5, 0.6) is 0 Å². The zero-order valence-corrected chi connectivity index (χ0v) is 15.8. The Kier molecular flexibility index (Phi) is 4.70. The van der Waals surface area contributed by atoms with Gasteiger partial charge in [0.05, 0.1) is 5.69 Å². The number of likely N-dealkylation sites (tertiary alicyclic amines) is 1. The van der Waals surface area contributed by atoms with Gasteiger partial charge in [-0.3, -0.25) is 4.99 Å². The van der Waals surface area contributed by atoms with Crippen LogP contribution in [0.2, 0.25) is 0 Å². The molecular weight excluding hydrogens is 324 g/mol. The molecule has 1 aliphatic carbocycles. The molecule has 26 heavy (non-hydrogen) atoms. The fraction of sp³-hybridized carbons (Fsp3) is 0.524. The number of nitrogens with one attached hydrogen (secondary N) is 1. The maximum absolute atomic E-state index is 5.64. The summed E-state index contributed by atoms with van der Waals surface area (Å²) in [5, 5.41) is 3.50. The summed E-state index contributed by atoms with van der Waals surface area (Å²) >= 11 is 0. The van der Waals surface area contributed by atoms with E-state index in [1.807, 2.05) is 7.05 Å². The summed E-state index contributed by atoms with van der Waals surface area (Å²) in [6, 6.07) is 8.26. The first kappa shape index (κ1) is 17.1. The molecule has 1 spiro atoms. The van der Waals surface area contributed by atoms with Gasteiger partial charge < -0.3 is 14.6 Å². The van der Waals surface area contributed by atoms with E-state index < -0.39 is 0 Å². The third kappa shape index (κ3) is 3.48. The molecule has 2 heterocycles. The highest BCUT2D eigenvalue weighted by atomic mass is 16.3. The zero-order chi connectivity index (χ0) is 18.0. The van der Waals surface area contributed by atoms with Gasteiger partial charge in [-0.25, -0.2) is 4.98 Å². The molecule has 5 heteroatoms. The second-order valence-corrected chi connectivity index (χ2v) is 7.76. The molecule has 1 aromatic heterocycles. The number of nitrogens with zero attached hydrogens (tertiary/aromatic N) is 3. The Morgan fingerprint density at radius 1 is 1.27 bits per heavy atom. The van der Waals surface area contributed by atoms with E-state index in [0.717, 1.165) is 43.3 Å². The lowest BCUT2D eigenvalue weighted by atomic mass is 9.68. The summed E-state index contributed by atoms with van der Waals surface area (Å²) in [7, 11) is 1.87. The average Bonchev–Trinajstić information content (AvgIpc) is 3.27. The molecule has 2 aliphatic rings. The van der Waals surface area contributed by atoms with Gasteiger partial charge in [0.25, 0.3) is 0 Å². The van der Waals surface area contributed by atoms with Crippen molar-refractivity contribution < 1.29 is 4.42 Å². The maximum atomic E-state index is 5.64. The number of benzene rings is 1. The number of aromatic nitrogens is 1. The van der Waals surface area contributed by atoms with Gasteiger partial charge in [0.15, 0.2) is 5.96 Å². The predicted octanol–water partition coefficient (Wildman–Crippen LogP) is 3.64. The molecule has 1 N–H and O–H groups in total. The Hall–Kier alpha value is -2.30. The van der Waals surface area contributed by atoms with E-state index in [0.29, 0.717) is 11.3 Å². The van der Waals surface area contributed by atoms with E-state index in [-0.39, 0.29) is 0 Å². The van der Waals surface area contributed by atoms with Crippen LogP contribution >= 0.6 is 0 Å². The van der Waals surface area contributed by atoms with E-state index >= 15 is 0 Å². The predicted molar refractivity (Wildman–Crippen MR) is 104 cm³/mol. The van der Waals surface area contributed by atoms with Crippen molar-refractivity contribution in [3.63, 3.8) is 0 Å². The van der Waals surface area contributed by atoms with Crippen molar-refractivity contribution in [3.8, 4) is 11.5 Å². The SMILES string of the molecule is CN=C(NCCc1coc(-c2ccc(C)cc2)n1)N1CCC2(CCC2)C1. The topological polar surface area (TPSA) is 53.7 Å². The van der Waals surface area contributed by atoms with Crippen molar-refractivity contribution in [1.29, 1.82) is 0 Å². The highest BCUT2D eigenvalue weighted by molar-refractivity contribution is 5.80. The molecule has 0 bridgehead atoms. The Bertz CT molecular complexity index is 774. The minimum atomic E-state index is 0.590. The monoisotopic (exact) mass is 352 g/mol. The smallest absolute Gasteiger partial charge is 0.226 e. The molecule has 0 amide bonds. The third-order valence-electron chi connectivity index (χ3n) is 5.88. The molecule has 0 radical (unpaired) electrons. The van der Waals surface area contributed by atoms with Crippen LogP contribution < -0.4 is 5.32 Å². The molecule has 4 rings (SSSR count). The fourth-order valence-electron chi connectivity index (χ4n) is 4.09. The van der Waals surface area contributed by atoms with Crippen LogP contribution in [-0.4, -0.2) is 42.5 Å². The molecule has 138 valence electrons. The van der Waals surface area contributed by atoms with Crippen LogP contribution in [0.4, 0.5) is 0 Å². The van der Waals surface area contributed by atoms with Gasteiger partial charge in [-0.15, -0.1) is 0 Å². The van der Waals surface area contributed by atoms with Crippen molar-refractivity contribution >= 4 is 5.96 Å². The third-order valence-corrected chi connectivity index (χ3v) is 5.88. The molecule has 1 saturated heterocycles. The summed E-state index contributed by atoms with van der Waals surface area (Å²) in [6.45, 7) is 5.18. The molecule has 2 fully saturated rings. The minimum absolute atomic E-state index is 0.590. The van der Waals surface area contributed by atoms with Crippen molar-refractivity contribution in [2.45, 2.75) is 39.0 Å². The standard InChI is InChI=1S/C21H28N4O/c1-16-4-6-17(7-5-16)19-24-18(14-26-19)8-12-23-20(22-2)25-13-11-21(15-25)9-3-10-21/h4-7,14H,3,8-13,15H2,1-2H3,(H,22,23). The normalized spacial score (nSPS) is 19.0. The van der Waals surface area contributed by atoms with Crippen molar-refractivity contribution in [2.75, 3.05) is 26.7 Å². The number of guanidine groups is 1. The van der Waals surface area contributed by atoms with E-state index in [2.05, 4.69) is 51.4 Å². The Labute approximate surface area is 155 Å². The second kappa shape index (κ2) is 7.14. The van der Waals surface area contributed by atoms with E-state index in [9.17, 15) is 0 Å². The first-order valence-corrected chi connectivity index (χ1v) is 9.65. The van der Waals surface area contributed by atoms with Crippen molar-refractivity contribution in [2.24, 2.45) is 10.4 Å². The van der Waals surface area contributed by atoms with Gasteiger partial charge in [-0.05, 0) is 43.7 Å². The zero-order valence-electron chi connectivity index (χ0n) is 15.8. The molecule has 0 unspecified atom stereocenters. The molecular formula is C21H28N4O. The number of hydrogen-bond acceptors (Lipinski definition) is 3. The summed E-state index contributed by atoms with van der Waals surface area (Å²) in [4.78, 5) is 11.5. The Morgan fingerprint density at radius 3 is 2.73 bits per heavy atom. The summed E-state index contributed by atoms with van der Waals surface area (Å²) in [5.74, 6) is 1.71. The number of aliphatic imine (C=N–C) groups is 1. The molecule has 1 aromatic carbocycles. The van der Waals surface area contributed by atoms with Gasteiger partial charge in [0, 0.05) is 38.7 Å². The van der Waals surface area contributed by atoms with Gasteiger partial charge in [0.2, 0.25) is 5.89 Å². The lowest BCUT2D eigenvalue weighted by Gasteiger charge is -2.38. The van der Waals surface area contributed by atoms with Crippen LogP contribution in [0, 0.1) is 12.3 Å². The second-order valence-electron chi connectivity index (χ2n) is 7.76. The number of aryl methyl sites for hydroxylation is 1. The fourth-order valence-corrected chi connectivity index (χ4v) is 4.09.